The van der Waals surface area contributed by atoms with E-state index in [2.05, 4.69) is 15.9 Å². The quantitative estimate of drug-likeness (QED) is 0.472. The maximum absolute atomic E-state index is 11.4. The number of aryl methyl sites for hydroxylation is 1. The minimum atomic E-state index is -0.0845. The lowest BCUT2D eigenvalue weighted by Crippen LogP contribution is -2.09. The number of hydrogen-bond acceptors (Lipinski definition) is 3. The molecule has 0 aliphatic heterocycles. The predicted octanol–water partition coefficient (Wildman–Crippen LogP) is 1.74. The Morgan fingerprint density at radius 2 is 2.08 bits per heavy atom. The van der Waals surface area contributed by atoms with Crippen LogP contribution < -0.4 is 11.5 Å². The number of rotatable bonds is 2. The minimum absolute atomic E-state index is 0.0845. The fourth-order valence-corrected chi connectivity index (χ4v) is 1.40. The van der Waals surface area contributed by atoms with Crippen LogP contribution in [0.15, 0.2) is 12.1 Å². The van der Waals surface area contributed by atoms with Gasteiger partial charge < -0.3 is 11.5 Å². The molecule has 0 unspecified atom stereocenters. The van der Waals surface area contributed by atoms with Gasteiger partial charge in [-0.2, -0.15) is 0 Å². The summed E-state index contributed by atoms with van der Waals surface area (Å²) in [6.45, 7) is 1.85. The second kappa shape index (κ2) is 3.79. The van der Waals surface area contributed by atoms with Gasteiger partial charge in [-0.3, -0.25) is 4.79 Å². The maximum Gasteiger partial charge on any atom is 0.177 e. The predicted molar refractivity (Wildman–Crippen MR) is 58.1 cm³/mol. The summed E-state index contributed by atoms with van der Waals surface area (Å²) < 4.78 is 0. The van der Waals surface area contributed by atoms with Gasteiger partial charge in [0.25, 0.3) is 0 Å². The Kier molecular flexibility index (Phi) is 2.93. The third kappa shape index (κ3) is 1.83. The molecule has 1 aromatic rings. The van der Waals surface area contributed by atoms with Crippen LogP contribution in [0.25, 0.3) is 0 Å². The van der Waals surface area contributed by atoms with Crippen LogP contribution in [0.5, 0.6) is 0 Å². The zero-order valence-corrected chi connectivity index (χ0v) is 8.89. The van der Waals surface area contributed by atoms with Crippen molar-refractivity contribution in [2.75, 3.05) is 16.8 Å². The van der Waals surface area contributed by atoms with Crippen molar-refractivity contribution in [2.24, 2.45) is 0 Å². The van der Waals surface area contributed by atoms with Crippen molar-refractivity contribution < 1.29 is 4.79 Å². The molecule has 0 heterocycles. The van der Waals surface area contributed by atoms with E-state index >= 15 is 0 Å². The fourth-order valence-electron chi connectivity index (χ4n) is 1.12. The smallest absolute Gasteiger partial charge is 0.177 e. The molecule has 0 bridgehead atoms. The number of anilines is 2. The lowest BCUT2D eigenvalue weighted by Gasteiger charge is -2.08. The number of benzene rings is 1. The topological polar surface area (TPSA) is 69.1 Å². The molecule has 0 fully saturated rings. The second-order valence-electron chi connectivity index (χ2n) is 2.82. The molecule has 0 aromatic heterocycles. The highest BCUT2D eigenvalue weighted by atomic mass is 79.9. The normalized spacial score (nSPS) is 10.0. The number of hydrogen-bond donors (Lipinski definition) is 2. The Bertz CT molecular complexity index is 350. The van der Waals surface area contributed by atoms with Gasteiger partial charge in [-0.1, -0.05) is 22.0 Å². The monoisotopic (exact) mass is 242 g/mol. The summed E-state index contributed by atoms with van der Waals surface area (Å²) in [6, 6.07) is 3.50. The molecule has 4 N–H and O–H groups in total. The van der Waals surface area contributed by atoms with Gasteiger partial charge >= 0.3 is 0 Å². The van der Waals surface area contributed by atoms with E-state index in [-0.39, 0.29) is 11.1 Å². The molecular formula is C9H11BrN2O. The van der Waals surface area contributed by atoms with Gasteiger partial charge in [0.05, 0.1) is 10.9 Å². The van der Waals surface area contributed by atoms with E-state index in [1.807, 2.05) is 6.92 Å². The number of Topliss-reactive ketones (excluding diaryl/α,β-unsaturated/α-hetero) is 1. The molecule has 0 atom stereocenters. The van der Waals surface area contributed by atoms with Gasteiger partial charge in [0, 0.05) is 11.4 Å². The van der Waals surface area contributed by atoms with Crippen molar-refractivity contribution in [3.05, 3.63) is 23.3 Å². The number of halogens is 1. The number of carbonyl (C=O) groups excluding carboxylic acids is 1. The van der Waals surface area contributed by atoms with Gasteiger partial charge in [0.15, 0.2) is 5.78 Å². The lowest BCUT2D eigenvalue weighted by atomic mass is 10.0. The van der Waals surface area contributed by atoms with Crippen molar-refractivity contribution in [1.29, 1.82) is 0 Å². The standard InChI is InChI=1S/C9H11BrN2O/c1-5-2-3-6(11)8(9(5)12)7(13)4-10/h2-3H,4,11-12H2,1H3. The van der Waals surface area contributed by atoms with Crippen LogP contribution in [0.1, 0.15) is 15.9 Å². The molecule has 4 heteroatoms. The molecule has 0 amide bonds. The second-order valence-corrected chi connectivity index (χ2v) is 3.38. The molecular weight excluding hydrogens is 232 g/mol. The number of ketones is 1. The first-order chi connectivity index (χ1) is 6.07. The zero-order chi connectivity index (χ0) is 10.0. The average Bonchev–Trinajstić information content (AvgIpc) is 2.12. The van der Waals surface area contributed by atoms with Crippen molar-refractivity contribution >= 4 is 33.1 Å². The maximum atomic E-state index is 11.4. The van der Waals surface area contributed by atoms with Gasteiger partial charge in [-0.25, -0.2) is 0 Å². The van der Waals surface area contributed by atoms with E-state index in [0.717, 1.165) is 5.56 Å². The van der Waals surface area contributed by atoms with Crippen molar-refractivity contribution in [2.45, 2.75) is 6.92 Å². The molecule has 70 valence electrons. The Morgan fingerprint density at radius 3 is 2.62 bits per heavy atom. The lowest BCUT2D eigenvalue weighted by molar-refractivity contribution is 0.102. The van der Waals surface area contributed by atoms with E-state index in [1.54, 1.807) is 12.1 Å². The van der Waals surface area contributed by atoms with Crippen LogP contribution in [-0.2, 0) is 0 Å². The summed E-state index contributed by atoms with van der Waals surface area (Å²) >= 11 is 3.08. The van der Waals surface area contributed by atoms with Crippen molar-refractivity contribution in [3.8, 4) is 0 Å². The highest BCUT2D eigenvalue weighted by molar-refractivity contribution is 9.09. The van der Waals surface area contributed by atoms with E-state index in [4.69, 9.17) is 11.5 Å². The Balaban J connectivity index is 3.33. The van der Waals surface area contributed by atoms with E-state index in [9.17, 15) is 4.79 Å². The SMILES string of the molecule is Cc1ccc(N)c(C(=O)CBr)c1N. The van der Waals surface area contributed by atoms with Crippen LogP contribution in [0.4, 0.5) is 11.4 Å². The fraction of sp³-hybridized carbons (Fsp3) is 0.222. The summed E-state index contributed by atoms with van der Waals surface area (Å²) in [4.78, 5) is 11.4. The van der Waals surface area contributed by atoms with Crippen LogP contribution in [0, 0.1) is 6.92 Å². The van der Waals surface area contributed by atoms with Crippen molar-refractivity contribution in [3.63, 3.8) is 0 Å². The Morgan fingerprint density at radius 1 is 1.46 bits per heavy atom. The van der Waals surface area contributed by atoms with Crippen LogP contribution in [-0.4, -0.2) is 11.1 Å². The van der Waals surface area contributed by atoms with Gasteiger partial charge in [0.2, 0.25) is 0 Å². The third-order valence-corrected chi connectivity index (χ3v) is 2.41. The Labute approximate surface area is 85.2 Å². The molecule has 1 rings (SSSR count). The molecule has 3 nitrogen and oxygen atoms in total. The highest BCUT2D eigenvalue weighted by Gasteiger charge is 2.13. The van der Waals surface area contributed by atoms with Gasteiger partial charge in [-0.15, -0.1) is 0 Å². The first-order valence-electron chi connectivity index (χ1n) is 3.81. The molecule has 0 aliphatic carbocycles. The summed E-state index contributed by atoms with van der Waals surface area (Å²) in [6.07, 6.45) is 0. The third-order valence-electron chi connectivity index (χ3n) is 1.90. The molecule has 13 heavy (non-hydrogen) atoms. The first-order valence-corrected chi connectivity index (χ1v) is 4.93. The summed E-state index contributed by atoms with van der Waals surface area (Å²) in [7, 11) is 0. The number of nitrogen functional groups attached to an aromatic ring is 2. The molecule has 0 radical (unpaired) electrons. The molecule has 0 aliphatic rings. The Hall–Kier alpha value is -1.03. The van der Waals surface area contributed by atoms with Crippen LogP contribution >= 0.6 is 15.9 Å². The van der Waals surface area contributed by atoms with Crippen molar-refractivity contribution in [1.82, 2.24) is 0 Å². The zero-order valence-electron chi connectivity index (χ0n) is 7.30. The summed E-state index contributed by atoms with van der Waals surface area (Å²) in [5.41, 5.74) is 13.6. The average molecular weight is 243 g/mol. The van der Waals surface area contributed by atoms with Gasteiger partial charge in [-0.05, 0) is 18.6 Å². The largest absolute Gasteiger partial charge is 0.398 e. The molecule has 0 spiro atoms. The summed E-state index contributed by atoms with van der Waals surface area (Å²) in [5, 5.41) is 0.241. The molecule has 0 saturated heterocycles. The minimum Gasteiger partial charge on any atom is -0.398 e. The van der Waals surface area contributed by atoms with E-state index < -0.39 is 0 Å². The van der Waals surface area contributed by atoms with E-state index in [0.29, 0.717) is 16.9 Å². The van der Waals surface area contributed by atoms with Crippen LogP contribution in [0.3, 0.4) is 0 Å². The number of nitrogens with two attached hydrogens (primary N) is 2. The van der Waals surface area contributed by atoms with E-state index in [1.165, 1.54) is 0 Å². The molecule has 1 aromatic carbocycles. The van der Waals surface area contributed by atoms with Gasteiger partial charge in [0.1, 0.15) is 0 Å². The molecule has 0 saturated carbocycles. The first kappa shape index (κ1) is 10.1. The highest BCUT2D eigenvalue weighted by Crippen LogP contribution is 2.24. The number of carbonyl (C=O) groups is 1. The number of alkyl halides is 1. The van der Waals surface area contributed by atoms with Crippen LogP contribution in [0.2, 0.25) is 0 Å². The summed E-state index contributed by atoms with van der Waals surface area (Å²) in [5.74, 6) is -0.0845.